The number of β-amino-alcohol motifs (C(OH)–C–C–N with tert-alkyl or cyclic N) is 1. The van der Waals surface area contributed by atoms with Gasteiger partial charge in [0.15, 0.2) is 0 Å². The van der Waals surface area contributed by atoms with E-state index in [0.717, 1.165) is 12.2 Å². The van der Waals surface area contributed by atoms with Crippen LogP contribution in [0.3, 0.4) is 0 Å². The molecule has 1 aliphatic rings. The highest BCUT2D eigenvalue weighted by Crippen LogP contribution is 2.22. The molecular weight excluding hydrogens is 262 g/mol. The van der Waals surface area contributed by atoms with Crippen LogP contribution in [0.2, 0.25) is 0 Å². The molecule has 1 aromatic rings. The fourth-order valence-corrected chi connectivity index (χ4v) is 3.14. The van der Waals surface area contributed by atoms with Crippen molar-refractivity contribution >= 4 is 0 Å². The van der Waals surface area contributed by atoms with E-state index in [0.29, 0.717) is 25.2 Å². The largest absolute Gasteiger partial charge is 0.491 e. The number of hydrogen-bond donors (Lipinski definition) is 1. The lowest BCUT2D eigenvalue weighted by Crippen LogP contribution is -2.48. The van der Waals surface area contributed by atoms with Crippen LogP contribution in [0, 0.1) is 0 Å². The Morgan fingerprint density at radius 1 is 1.19 bits per heavy atom. The summed E-state index contributed by atoms with van der Waals surface area (Å²) in [4.78, 5) is 2.41. The van der Waals surface area contributed by atoms with Gasteiger partial charge in [0, 0.05) is 18.6 Å². The van der Waals surface area contributed by atoms with E-state index in [4.69, 9.17) is 4.74 Å². The lowest BCUT2D eigenvalue weighted by atomic mass is 9.97. The summed E-state index contributed by atoms with van der Waals surface area (Å²) < 4.78 is 5.70. The van der Waals surface area contributed by atoms with E-state index in [9.17, 15) is 5.11 Å². The Hall–Kier alpha value is -1.06. The van der Waals surface area contributed by atoms with Gasteiger partial charge in [-0.05, 0) is 50.8 Å². The minimum atomic E-state index is -0.432. The van der Waals surface area contributed by atoms with E-state index in [2.05, 4.69) is 37.8 Å². The number of hydrogen-bond acceptors (Lipinski definition) is 3. The van der Waals surface area contributed by atoms with E-state index in [1.165, 1.54) is 24.8 Å². The molecular formula is C18H29NO2. The first-order valence-corrected chi connectivity index (χ1v) is 8.25. The van der Waals surface area contributed by atoms with Gasteiger partial charge in [0.25, 0.3) is 0 Å². The second-order valence-corrected chi connectivity index (χ2v) is 6.29. The number of piperidine rings is 1. The first-order chi connectivity index (χ1) is 10.1. The molecule has 21 heavy (non-hydrogen) atoms. The fraction of sp³-hybridized carbons (Fsp3) is 0.667. The molecule has 1 saturated heterocycles. The number of aryl methyl sites for hydroxylation is 1. The molecule has 1 aliphatic heterocycles. The van der Waals surface area contributed by atoms with Gasteiger partial charge in [0.2, 0.25) is 0 Å². The standard InChI is InChI=1S/C18H29NO2/c1-4-16-8-10-18(11-9-16)21-13-17(20)12-19-14(2)6-5-7-15(19)3/h8-11,14-15,17,20H,4-7,12-13H2,1-3H3/t14-,15+,17-/m1/s1. The normalized spacial score (nSPS) is 24.8. The molecule has 1 heterocycles. The van der Waals surface area contributed by atoms with Crippen molar-refractivity contribution in [3.63, 3.8) is 0 Å². The number of aliphatic hydroxyl groups is 1. The van der Waals surface area contributed by atoms with Gasteiger partial charge >= 0.3 is 0 Å². The second kappa shape index (κ2) is 7.81. The Morgan fingerprint density at radius 2 is 1.81 bits per heavy atom. The number of likely N-dealkylation sites (tertiary alicyclic amines) is 1. The van der Waals surface area contributed by atoms with Gasteiger partial charge in [-0.2, -0.15) is 0 Å². The Labute approximate surface area is 128 Å². The van der Waals surface area contributed by atoms with Crippen molar-refractivity contribution in [2.24, 2.45) is 0 Å². The molecule has 1 N–H and O–H groups in total. The van der Waals surface area contributed by atoms with E-state index in [1.807, 2.05) is 12.1 Å². The first kappa shape index (κ1) is 16.3. The van der Waals surface area contributed by atoms with Crippen LogP contribution in [-0.2, 0) is 6.42 Å². The summed E-state index contributed by atoms with van der Waals surface area (Å²) >= 11 is 0. The van der Waals surface area contributed by atoms with E-state index < -0.39 is 6.10 Å². The monoisotopic (exact) mass is 291 g/mol. The lowest BCUT2D eigenvalue weighted by Gasteiger charge is -2.40. The fourth-order valence-electron chi connectivity index (χ4n) is 3.14. The molecule has 0 bridgehead atoms. The third-order valence-electron chi connectivity index (χ3n) is 4.57. The molecule has 0 aromatic heterocycles. The lowest BCUT2D eigenvalue weighted by molar-refractivity contribution is 0.0209. The summed E-state index contributed by atoms with van der Waals surface area (Å²) in [7, 11) is 0. The first-order valence-electron chi connectivity index (χ1n) is 8.25. The zero-order valence-electron chi connectivity index (χ0n) is 13.6. The van der Waals surface area contributed by atoms with Crippen LogP contribution < -0.4 is 4.74 Å². The topological polar surface area (TPSA) is 32.7 Å². The van der Waals surface area contributed by atoms with Crippen LogP contribution in [0.5, 0.6) is 5.75 Å². The summed E-state index contributed by atoms with van der Waals surface area (Å²) in [6.45, 7) is 7.72. The molecule has 3 nitrogen and oxygen atoms in total. The quantitative estimate of drug-likeness (QED) is 0.873. The van der Waals surface area contributed by atoms with Crippen LogP contribution >= 0.6 is 0 Å². The zero-order valence-corrected chi connectivity index (χ0v) is 13.6. The molecule has 0 unspecified atom stereocenters. The third-order valence-corrected chi connectivity index (χ3v) is 4.57. The van der Waals surface area contributed by atoms with Crippen molar-refractivity contribution in [3.05, 3.63) is 29.8 Å². The van der Waals surface area contributed by atoms with E-state index >= 15 is 0 Å². The number of nitrogens with zero attached hydrogens (tertiary/aromatic N) is 1. The third kappa shape index (κ3) is 4.72. The number of ether oxygens (including phenoxy) is 1. The predicted octanol–water partition coefficient (Wildman–Crippen LogP) is 3.25. The van der Waals surface area contributed by atoms with Gasteiger partial charge in [0.05, 0.1) is 0 Å². The highest BCUT2D eigenvalue weighted by molar-refractivity contribution is 5.27. The van der Waals surface area contributed by atoms with Gasteiger partial charge in [-0.3, -0.25) is 4.90 Å². The van der Waals surface area contributed by atoms with E-state index in [-0.39, 0.29) is 0 Å². The Kier molecular flexibility index (Phi) is 6.07. The van der Waals surface area contributed by atoms with Gasteiger partial charge in [0.1, 0.15) is 18.5 Å². The molecule has 1 fully saturated rings. The van der Waals surface area contributed by atoms with Crippen LogP contribution in [0.15, 0.2) is 24.3 Å². The Bertz CT molecular complexity index is 408. The minimum Gasteiger partial charge on any atom is -0.491 e. The summed E-state index contributed by atoms with van der Waals surface area (Å²) in [6, 6.07) is 9.25. The summed E-state index contributed by atoms with van der Waals surface area (Å²) in [5.74, 6) is 0.839. The van der Waals surface area contributed by atoms with Gasteiger partial charge in [-0.25, -0.2) is 0 Å². The predicted molar refractivity (Wildman–Crippen MR) is 86.8 cm³/mol. The average Bonchev–Trinajstić information content (AvgIpc) is 2.49. The molecule has 0 radical (unpaired) electrons. The maximum atomic E-state index is 10.2. The molecule has 0 aliphatic carbocycles. The average molecular weight is 291 g/mol. The molecule has 0 saturated carbocycles. The maximum absolute atomic E-state index is 10.2. The smallest absolute Gasteiger partial charge is 0.119 e. The van der Waals surface area contributed by atoms with Gasteiger partial charge in [-0.1, -0.05) is 25.5 Å². The molecule has 118 valence electrons. The van der Waals surface area contributed by atoms with Crippen molar-refractivity contribution < 1.29 is 9.84 Å². The molecule has 3 heteroatoms. The van der Waals surface area contributed by atoms with Crippen LogP contribution in [0.25, 0.3) is 0 Å². The van der Waals surface area contributed by atoms with Crippen LogP contribution in [0.4, 0.5) is 0 Å². The van der Waals surface area contributed by atoms with Crippen molar-refractivity contribution in [2.45, 2.75) is 64.6 Å². The van der Waals surface area contributed by atoms with Crippen molar-refractivity contribution in [3.8, 4) is 5.75 Å². The van der Waals surface area contributed by atoms with Crippen molar-refractivity contribution in [1.82, 2.24) is 4.90 Å². The highest BCUT2D eigenvalue weighted by atomic mass is 16.5. The summed E-state index contributed by atoms with van der Waals surface area (Å²) in [6.07, 6.45) is 4.37. The van der Waals surface area contributed by atoms with Crippen LogP contribution in [0.1, 0.15) is 45.6 Å². The Morgan fingerprint density at radius 3 is 2.38 bits per heavy atom. The zero-order chi connectivity index (χ0) is 15.2. The highest BCUT2D eigenvalue weighted by Gasteiger charge is 2.26. The van der Waals surface area contributed by atoms with Crippen molar-refractivity contribution in [1.29, 1.82) is 0 Å². The van der Waals surface area contributed by atoms with Crippen molar-refractivity contribution in [2.75, 3.05) is 13.2 Å². The maximum Gasteiger partial charge on any atom is 0.119 e. The SMILES string of the molecule is CCc1ccc(OC[C@H](O)CN2[C@H](C)CCC[C@@H]2C)cc1. The van der Waals surface area contributed by atoms with Crippen LogP contribution in [-0.4, -0.2) is 41.3 Å². The molecule has 3 atom stereocenters. The number of aliphatic hydroxyl groups excluding tert-OH is 1. The molecule has 0 amide bonds. The summed E-state index contributed by atoms with van der Waals surface area (Å²) in [5.41, 5.74) is 1.30. The van der Waals surface area contributed by atoms with E-state index in [1.54, 1.807) is 0 Å². The number of rotatable bonds is 6. The second-order valence-electron chi connectivity index (χ2n) is 6.29. The Balaban J connectivity index is 1.79. The number of benzene rings is 1. The molecule has 2 rings (SSSR count). The molecule has 0 spiro atoms. The summed E-state index contributed by atoms with van der Waals surface area (Å²) in [5, 5.41) is 10.2. The van der Waals surface area contributed by atoms with Gasteiger partial charge < -0.3 is 9.84 Å². The van der Waals surface area contributed by atoms with Gasteiger partial charge in [-0.15, -0.1) is 0 Å². The minimum absolute atomic E-state index is 0.363. The molecule has 1 aromatic carbocycles.